The van der Waals surface area contributed by atoms with E-state index < -0.39 is 0 Å². The molecule has 3 heterocycles. The fourth-order valence-electron chi connectivity index (χ4n) is 3.47. The van der Waals surface area contributed by atoms with Crippen molar-refractivity contribution in [2.75, 3.05) is 37.6 Å². The maximum Gasteiger partial charge on any atom is 0.180 e. The minimum Gasteiger partial charge on any atom is -0.355 e. The highest BCUT2D eigenvalue weighted by molar-refractivity contribution is 7.99. The zero-order valence-corrected chi connectivity index (χ0v) is 16.1. The molecule has 4 nitrogen and oxygen atoms in total. The molecule has 0 saturated carbocycles. The Hall–Kier alpha value is -2.50. The van der Waals surface area contributed by atoms with Crippen molar-refractivity contribution in [1.29, 1.82) is 0 Å². The molecule has 3 aromatic rings. The minimum absolute atomic E-state index is 0.0242. The van der Waals surface area contributed by atoms with Gasteiger partial charge in [-0.15, -0.1) is 6.58 Å². The summed E-state index contributed by atoms with van der Waals surface area (Å²) in [6, 6.07) is 17.8. The predicted molar refractivity (Wildman–Crippen MR) is 113 cm³/mol. The largest absolute Gasteiger partial charge is 0.355 e. The molecule has 1 aliphatic rings. The number of aromatic nitrogens is 1. The maximum atomic E-state index is 11.9. The van der Waals surface area contributed by atoms with Crippen LogP contribution in [0.5, 0.6) is 0 Å². The molecule has 0 aliphatic carbocycles. The highest BCUT2D eigenvalue weighted by atomic mass is 32.2. The highest BCUT2D eigenvalue weighted by Gasteiger charge is 2.20. The van der Waals surface area contributed by atoms with Crippen molar-refractivity contribution in [2.45, 2.75) is 9.79 Å². The summed E-state index contributed by atoms with van der Waals surface area (Å²) < 4.78 is 2.15. The Kier molecular flexibility index (Phi) is 5.32. The van der Waals surface area contributed by atoms with Crippen molar-refractivity contribution in [3.05, 3.63) is 83.7 Å². The molecule has 1 aliphatic heterocycles. The van der Waals surface area contributed by atoms with Crippen molar-refractivity contribution in [3.8, 4) is 0 Å². The zero-order chi connectivity index (χ0) is 18.6. The van der Waals surface area contributed by atoms with Crippen molar-refractivity contribution in [3.63, 3.8) is 0 Å². The van der Waals surface area contributed by atoms with Crippen LogP contribution in [0.2, 0.25) is 0 Å². The number of nitrogens with zero attached hydrogens (tertiary/aromatic N) is 3. The van der Waals surface area contributed by atoms with E-state index in [0.717, 1.165) is 44.1 Å². The van der Waals surface area contributed by atoms with Gasteiger partial charge in [0, 0.05) is 54.8 Å². The Morgan fingerprint density at radius 1 is 1.00 bits per heavy atom. The Morgan fingerprint density at radius 3 is 2.52 bits per heavy atom. The Morgan fingerprint density at radius 2 is 1.78 bits per heavy atom. The van der Waals surface area contributed by atoms with Gasteiger partial charge in [0.2, 0.25) is 0 Å². The Balaban J connectivity index is 1.71. The summed E-state index contributed by atoms with van der Waals surface area (Å²) in [5, 5.41) is 0. The van der Waals surface area contributed by atoms with Gasteiger partial charge in [0.1, 0.15) is 5.82 Å². The van der Waals surface area contributed by atoms with Gasteiger partial charge in [0.05, 0.1) is 5.52 Å². The molecule has 2 aromatic heterocycles. The van der Waals surface area contributed by atoms with E-state index in [4.69, 9.17) is 0 Å². The van der Waals surface area contributed by atoms with Crippen LogP contribution < -0.4 is 10.3 Å². The topological polar surface area (TPSA) is 28.0 Å². The van der Waals surface area contributed by atoms with Crippen LogP contribution in [0.15, 0.2) is 88.0 Å². The molecular weight excluding hydrogens is 354 g/mol. The first-order valence-electron chi connectivity index (χ1n) is 9.21. The third-order valence-electron chi connectivity index (χ3n) is 4.87. The number of rotatable bonds is 5. The fourth-order valence-corrected chi connectivity index (χ4v) is 4.45. The Labute approximate surface area is 163 Å². The molecule has 4 rings (SSSR count). The van der Waals surface area contributed by atoms with Crippen molar-refractivity contribution < 1.29 is 0 Å². The maximum absolute atomic E-state index is 11.9. The van der Waals surface area contributed by atoms with Gasteiger partial charge in [-0.2, -0.15) is 0 Å². The second-order valence-electron chi connectivity index (χ2n) is 6.66. The van der Waals surface area contributed by atoms with Crippen LogP contribution in [0.4, 0.5) is 5.82 Å². The van der Waals surface area contributed by atoms with Gasteiger partial charge in [-0.25, -0.2) is 0 Å². The van der Waals surface area contributed by atoms with Crippen molar-refractivity contribution in [1.82, 2.24) is 9.30 Å². The molecule has 0 N–H and O–H groups in total. The van der Waals surface area contributed by atoms with Crippen molar-refractivity contribution >= 4 is 23.1 Å². The number of anilines is 1. The van der Waals surface area contributed by atoms with E-state index >= 15 is 0 Å². The van der Waals surface area contributed by atoms with E-state index in [0.29, 0.717) is 0 Å². The third-order valence-corrected chi connectivity index (χ3v) is 5.92. The third kappa shape index (κ3) is 3.94. The summed E-state index contributed by atoms with van der Waals surface area (Å²) in [6.45, 7) is 8.76. The SMILES string of the molecule is C=CCN1CCN(c2cc(Sc3ccccc3)c3ccc(=O)ccn23)CC1. The van der Waals surface area contributed by atoms with Crippen LogP contribution in [-0.2, 0) is 0 Å². The average molecular weight is 378 g/mol. The van der Waals surface area contributed by atoms with Gasteiger partial charge in [-0.05, 0) is 30.3 Å². The summed E-state index contributed by atoms with van der Waals surface area (Å²) in [4.78, 5) is 19.1. The summed E-state index contributed by atoms with van der Waals surface area (Å²) in [6.07, 6.45) is 3.87. The number of fused-ring (bicyclic) bond motifs is 1. The molecule has 0 spiro atoms. The molecule has 1 aromatic carbocycles. The number of benzene rings is 1. The van der Waals surface area contributed by atoms with E-state index in [2.05, 4.69) is 51.1 Å². The molecular formula is C22H23N3OS. The van der Waals surface area contributed by atoms with Crippen LogP contribution in [-0.4, -0.2) is 42.0 Å². The van der Waals surface area contributed by atoms with Gasteiger partial charge in [0.25, 0.3) is 0 Å². The summed E-state index contributed by atoms with van der Waals surface area (Å²) in [5.41, 5.74) is 1.09. The van der Waals surface area contributed by atoms with Gasteiger partial charge < -0.3 is 9.30 Å². The average Bonchev–Trinajstić information content (AvgIpc) is 2.91. The van der Waals surface area contributed by atoms with Crippen LogP contribution >= 0.6 is 11.8 Å². The highest BCUT2D eigenvalue weighted by Crippen LogP contribution is 2.35. The van der Waals surface area contributed by atoms with E-state index in [1.54, 1.807) is 23.9 Å². The molecule has 138 valence electrons. The van der Waals surface area contributed by atoms with Gasteiger partial charge in [0.15, 0.2) is 5.43 Å². The van der Waals surface area contributed by atoms with E-state index in [9.17, 15) is 4.79 Å². The lowest BCUT2D eigenvalue weighted by Gasteiger charge is -2.35. The van der Waals surface area contributed by atoms with Gasteiger partial charge in [-0.1, -0.05) is 36.0 Å². The molecule has 0 bridgehead atoms. The summed E-state index contributed by atoms with van der Waals surface area (Å²) in [5.74, 6) is 1.15. The monoisotopic (exact) mass is 377 g/mol. The van der Waals surface area contributed by atoms with Crippen LogP contribution in [0.25, 0.3) is 5.52 Å². The van der Waals surface area contributed by atoms with Crippen LogP contribution in [0, 0.1) is 0 Å². The fraction of sp³-hybridized carbons (Fsp3) is 0.227. The van der Waals surface area contributed by atoms with Gasteiger partial charge in [-0.3, -0.25) is 9.69 Å². The molecule has 1 saturated heterocycles. The van der Waals surface area contributed by atoms with Crippen LogP contribution in [0.3, 0.4) is 0 Å². The molecule has 1 fully saturated rings. The van der Waals surface area contributed by atoms with Gasteiger partial charge >= 0.3 is 0 Å². The van der Waals surface area contributed by atoms with Crippen molar-refractivity contribution in [2.24, 2.45) is 0 Å². The van der Waals surface area contributed by atoms with E-state index in [1.807, 2.05) is 24.4 Å². The molecule has 27 heavy (non-hydrogen) atoms. The second-order valence-corrected chi connectivity index (χ2v) is 7.78. The first-order valence-corrected chi connectivity index (χ1v) is 10.0. The molecule has 5 heteroatoms. The lowest BCUT2D eigenvalue weighted by Crippen LogP contribution is -2.46. The minimum atomic E-state index is 0.0242. The standard InChI is InChI=1S/C22H23N3OS/c1-2-11-23-13-15-24(16-14-23)22-17-21(27-19-6-4-3-5-7-19)20-9-8-18(26)10-12-25(20)22/h2-10,12,17H,1,11,13-16H2. The number of hydrogen-bond acceptors (Lipinski definition) is 4. The normalized spacial score (nSPS) is 15.2. The van der Waals surface area contributed by atoms with E-state index in [-0.39, 0.29) is 5.43 Å². The Bertz CT molecular complexity index is 991. The summed E-state index contributed by atoms with van der Waals surface area (Å²) >= 11 is 1.74. The lowest BCUT2D eigenvalue weighted by molar-refractivity contribution is 0.283. The molecule has 0 radical (unpaired) electrons. The zero-order valence-electron chi connectivity index (χ0n) is 15.3. The van der Waals surface area contributed by atoms with Crippen LogP contribution in [0.1, 0.15) is 0 Å². The summed E-state index contributed by atoms with van der Waals surface area (Å²) in [7, 11) is 0. The quantitative estimate of drug-likeness (QED) is 0.633. The number of piperazine rings is 1. The smallest absolute Gasteiger partial charge is 0.180 e. The van der Waals surface area contributed by atoms with E-state index in [1.165, 1.54) is 9.79 Å². The molecule has 0 amide bonds. The second kappa shape index (κ2) is 8.03. The first-order chi connectivity index (χ1) is 13.2. The molecule has 0 unspecified atom stereocenters. The first kappa shape index (κ1) is 17.9. The lowest BCUT2D eigenvalue weighted by atomic mass is 10.3. The molecule has 0 atom stereocenters. The number of hydrogen-bond donors (Lipinski definition) is 0. The predicted octanol–water partition coefficient (Wildman–Crippen LogP) is 3.76.